The van der Waals surface area contributed by atoms with Gasteiger partial charge < -0.3 is 14.6 Å². The average molecular weight is 696 g/mol. The van der Waals surface area contributed by atoms with Crippen LogP contribution < -0.4 is 0 Å². The molecule has 48 heavy (non-hydrogen) atoms. The van der Waals surface area contributed by atoms with E-state index in [0.29, 0.717) is 29.1 Å². The zero-order chi connectivity index (χ0) is 34.0. The van der Waals surface area contributed by atoms with Gasteiger partial charge in [0.2, 0.25) is 10.0 Å². The molecule has 3 aliphatic rings. The normalized spacial score (nSPS) is 18.4. The zero-order valence-electron chi connectivity index (χ0n) is 26.9. The van der Waals surface area contributed by atoms with Crippen molar-refractivity contribution in [3.05, 3.63) is 74.9 Å². The van der Waals surface area contributed by atoms with Crippen LogP contribution in [0.5, 0.6) is 0 Å². The predicted octanol–water partition coefficient (Wildman–Crippen LogP) is 3.22. The van der Waals surface area contributed by atoms with Crippen molar-refractivity contribution in [2.45, 2.75) is 44.9 Å². The Morgan fingerprint density at radius 1 is 1.06 bits per heavy atom. The van der Waals surface area contributed by atoms with Crippen molar-refractivity contribution in [3.8, 4) is 23.1 Å². The van der Waals surface area contributed by atoms with Gasteiger partial charge in [0.15, 0.2) is 0 Å². The second-order valence-electron chi connectivity index (χ2n) is 12.2. The van der Waals surface area contributed by atoms with Crippen LogP contribution in [0, 0.1) is 11.8 Å². The molecule has 4 heterocycles. The van der Waals surface area contributed by atoms with E-state index < -0.39 is 28.1 Å². The van der Waals surface area contributed by atoms with E-state index in [-0.39, 0.29) is 19.5 Å². The third-order valence-corrected chi connectivity index (χ3v) is 10.7. The van der Waals surface area contributed by atoms with Crippen molar-refractivity contribution in [1.82, 2.24) is 23.9 Å². The van der Waals surface area contributed by atoms with Gasteiger partial charge in [-0.1, -0.05) is 35.6 Å². The van der Waals surface area contributed by atoms with Crippen molar-refractivity contribution in [2.24, 2.45) is 0 Å². The molecule has 3 aliphatic heterocycles. The lowest BCUT2D eigenvalue weighted by Gasteiger charge is -2.33. The molecule has 1 N–H and O–H groups in total. The number of nitrogens with zero attached hydrogens (tertiary/aromatic N) is 5. The number of sulfonamides is 1. The largest absolute Gasteiger partial charge is 0.467 e. The SMILES string of the molecule is COC(=O)C1Cc2cc(C#Cc3cc(-c4nn(CCCN5CCOCC5)c5c4CN(S(C)(=O)=O)CC5)ccc3Cl)ccc2CN1C(=O)O. The first-order chi connectivity index (χ1) is 23.0. The number of hydrogen-bond donors (Lipinski definition) is 1. The molecule has 12 nitrogen and oxygen atoms in total. The molecule has 1 saturated heterocycles. The molecule has 6 rings (SSSR count). The maximum absolute atomic E-state index is 12.5. The van der Waals surface area contributed by atoms with E-state index in [1.807, 2.05) is 35.0 Å². The standard InChI is InChI=1S/C34H38ClN5O7S/c1-46-33(41)31-20-27-18-23(5-7-26(27)21-39(31)34(42)43)4-6-24-19-25(8-9-29(24)35)32-28-22-38(48(2,44)45)13-10-30(28)40(36-32)12-3-11-37-14-16-47-17-15-37/h5,7-9,18-19,31H,3,10-17,20-22H2,1-2H3,(H,42,43). The summed E-state index contributed by atoms with van der Waals surface area (Å²) in [6, 6.07) is 10.1. The van der Waals surface area contributed by atoms with Crippen molar-refractivity contribution in [2.75, 3.05) is 52.8 Å². The van der Waals surface area contributed by atoms with Gasteiger partial charge in [0.05, 0.1) is 43.8 Å². The summed E-state index contributed by atoms with van der Waals surface area (Å²) in [4.78, 5) is 27.6. The molecule has 0 radical (unpaired) electrons. The molecule has 0 saturated carbocycles. The number of aromatic nitrogens is 2. The quantitative estimate of drug-likeness (QED) is 0.292. The first kappa shape index (κ1) is 34.0. The van der Waals surface area contributed by atoms with E-state index in [9.17, 15) is 23.1 Å². The Morgan fingerprint density at radius 2 is 1.85 bits per heavy atom. The molecule has 3 aromatic rings. The zero-order valence-corrected chi connectivity index (χ0v) is 28.5. The van der Waals surface area contributed by atoms with Gasteiger partial charge in [-0.2, -0.15) is 9.40 Å². The summed E-state index contributed by atoms with van der Waals surface area (Å²) in [7, 11) is -2.15. The van der Waals surface area contributed by atoms with Crippen LogP contribution in [0.15, 0.2) is 36.4 Å². The summed E-state index contributed by atoms with van der Waals surface area (Å²) in [5.74, 6) is 5.74. The first-order valence-corrected chi connectivity index (χ1v) is 18.1. The molecule has 1 fully saturated rings. The van der Waals surface area contributed by atoms with Gasteiger partial charge in [-0.05, 0) is 41.8 Å². The van der Waals surface area contributed by atoms with Crippen LogP contribution >= 0.6 is 11.6 Å². The minimum absolute atomic E-state index is 0.0763. The van der Waals surface area contributed by atoms with Gasteiger partial charge in [-0.25, -0.2) is 18.0 Å². The van der Waals surface area contributed by atoms with Gasteiger partial charge in [0, 0.05) is 80.1 Å². The third kappa shape index (κ3) is 7.38. The molecule has 0 bridgehead atoms. The highest BCUT2D eigenvalue weighted by Crippen LogP contribution is 2.33. The predicted molar refractivity (Wildman–Crippen MR) is 179 cm³/mol. The maximum atomic E-state index is 12.5. The van der Waals surface area contributed by atoms with Crippen molar-refractivity contribution in [3.63, 3.8) is 0 Å². The lowest BCUT2D eigenvalue weighted by atomic mass is 9.92. The van der Waals surface area contributed by atoms with E-state index >= 15 is 0 Å². The number of benzene rings is 2. The number of carbonyl (C=O) groups excluding carboxylic acids is 1. The van der Waals surface area contributed by atoms with Gasteiger partial charge in [0.25, 0.3) is 0 Å². The van der Waals surface area contributed by atoms with Crippen molar-refractivity contribution >= 4 is 33.7 Å². The van der Waals surface area contributed by atoms with Gasteiger partial charge in [0.1, 0.15) is 6.04 Å². The average Bonchev–Trinajstić information content (AvgIpc) is 3.44. The molecule has 0 aliphatic carbocycles. The number of aryl methyl sites for hydroxylation is 1. The van der Waals surface area contributed by atoms with Crippen molar-refractivity contribution in [1.29, 1.82) is 0 Å². The fourth-order valence-corrected chi connectivity index (χ4v) is 7.50. The number of hydrogen-bond acceptors (Lipinski definition) is 8. The Hall–Kier alpha value is -3.93. The van der Waals surface area contributed by atoms with Crippen molar-refractivity contribution < 1.29 is 32.6 Å². The molecule has 1 amide bonds. The number of morpholine rings is 1. The molecular formula is C34H38ClN5O7S. The molecule has 1 aromatic heterocycles. The number of carboxylic acid groups (broad SMARTS) is 1. The third-order valence-electron chi connectivity index (χ3n) is 9.15. The summed E-state index contributed by atoms with van der Waals surface area (Å²) < 4.78 is 38.9. The van der Waals surface area contributed by atoms with Crippen LogP contribution in [-0.4, -0.2) is 108 Å². The van der Waals surface area contributed by atoms with Crippen LogP contribution in [0.3, 0.4) is 0 Å². The van der Waals surface area contributed by atoms with E-state index in [1.54, 1.807) is 6.07 Å². The monoisotopic (exact) mass is 695 g/mol. The van der Waals surface area contributed by atoms with E-state index in [0.717, 1.165) is 84.4 Å². The number of carbonyl (C=O) groups is 2. The Kier molecular flexibility index (Phi) is 10.1. The smallest absolute Gasteiger partial charge is 0.408 e. The Bertz CT molecular complexity index is 1890. The fourth-order valence-electron chi connectivity index (χ4n) is 6.55. The number of methoxy groups -OCH3 is 1. The molecule has 1 atom stereocenters. The number of fused-ring (bicyclic) bond motifs is 2. The molecule has 14 heteroatoms. The van der Waals surface area contributed by atoms with Gasteiger partial charge in [-0.3, -0.25) is 14.5 Å². The molecule has 2 aromatic carbocycles. The number of halogens is 1. The second-order valence-corrected chi connectivity index (χ2v) is 14.6. The summed E-state index contributed by atoms with van der Waals surface area (Å²) >= 11 is 6.61. The van der Waals surface area contributed by atoms with E-state index in [2.05, 4.69) is 16.7 Å². The maximum Gasteiger partial charge on any atom is 0.408 e. The number of rotatable bonds is 7. The van der Waals surface area contributed by atoms with Crippen LogP contribution in [0.25, 0.3) is 11.3 Å². The summed E-state index contributed by atoms with van der Waals surface area (Å²) in [5, 5.41) is 15.1. The Balaban J connectivity index is 1.28. The first-order valence-electron chi connectivity index (χ1n) is 15.9. The second kappa shape index (κ2) is 14.3. The van der Waals surface area contributed by atoms with Crippen LogP contribution in [0.1, 0.15) is 39.9 Å². The lowest BCUT2D eigenvalue weighted by Crippen LogP contribution is -2.48. The van der Waals surface area contributed by atoms with E-state index in [1.165, 1.54) is 17.7 Å². The van der Waals surface area contributed by atoms with Crippen LogP contribution in [0.4, 0.5) is 4.79 Å². The number of esters is 1. The minimum Gasteiger partial charge on any atom is -0.467 e. The highest BCUT2D eigenvalue weighted by molar-refractivity contribution is 7.88. The van der Waals surface area contributed by atoms with Crippen LogP contribution in [0.2, 0.25) is 5.02 Å². The number of ether oxygens (including phenoxy) is 2. The summed E-state index contributed by atoms with van der Waals surface area (Å²) in [6.45, 7) is 5.73. The minimum atomic E-state index is -3.39. The Labute approximate surface area is 285 Å². The Morgan fingerprint density at radius 3 is 2.58 bits per heavy atom. The van der Waals surface area contributed by atoms with Gasteiger partial charge >= 0.3 is 12.1 Å². The lowest BCUT2D eigenvalue weighted by molar-refractivity contribution is -0.146. The molecule has 254 valence electrons. The summed E-state index contributed by atoms with van der Waals surface area (Å²) in [6.07, 6.45) is 1.73. The van der Waals surface area contributed by atoms with Crippen LogP contribution in [-0.2, 0) is 56.8 Å². The number of amides is 1. The highest BCUT2D eigenvalue weighted by Gasteiger charge is 2.35. The molecule has 1 unspecified atom stereocenters. The fraction of sp³-hybridized carbons (Fsp3) is 0.441. The molecular weight excluding hydrogens is 658 g/mol. The molecule has 0 spiro atoms. The summed E-state index contributed by atoms with van der Waals surface area (Å²) in [5.41, 5.74) is 6.36. The highest BCUT2D eigenvalue weighted by atomic mass is 35.5. The van der Waals surface area contributed by atoms with Gasteiger partial charge in [-0.15, -0.1) is 0 Å². The van der Waals surface area contributed by atoms with E-state index in [4.69, 9.17) is 26.2 Å². The topological polar surface area (TPSA) is 135 Å².